The highest BCUT2D eigenvalue weighted by molar-refractivity contribution is 5.97. The van der Waals surface area contributed by atoms with E-state index in [-0.39, 0.29) is 6.10 Å². The Kier molecular flexibility index (Phi) is 3.81. The number of carboxylic acid groups (broad SMARTS) is 1. The van der Waals surface area contributed by atoms with Gasteiger partial charge in [0.05, 0.1) is 24.0 Å². The highest BCUT2D eigenvalue weighted by Gasteiger charge is 2.55. The molecule has 3 N–H and O–H groups in total. The van der Waals surface area contributed by atoms with E-state index in [1.165, 1.54) is 0 Å². The van der Waals surface area contributed by atoms with E-state index >= 15 is 0 Å². The summed E-state index contributed by atoms with van der Waals surface area (Å²) in [5.41, 5.74) is 0. The number of fused-ring (bicyclic) bond motifs is 2. The third-order valence-corrected chi connectivity index (χ3v) is 4.50. The van der Waals surface area contributed by atoms with E-state index < -0.39 is 35.8 Å². The molecule has 0 spiro atoms. The summed E-state index contributed by atoms with van der Waals surface area (Å²) < 4.78 is 5.53. The standard InChI is InChI=1S/C13H19N3O5/c17-11(15-13(20)16-5-3-14-4-6-16)9-7-1-2-8(21-7)10(9)12(18)19/h7-10,14H,1-6H2,(H,18,19)(H,15,17,20)/t7-,8+,9?,10?/m1/s1. The Morgan fingerprint density at radius 2 is 1.71 bits per heavy atom. The molecule has 2 bridgehead atoms. The summed E-state index contributed by atoms with van der Waals surface area (Å²) in [7, 11) is 0. The van der Waals surface area contributed by atoms with Crippen LogP contribution in [-0.2, 0) is 14.3 Å². The van der Waals surface area contributed by atoms with Gasteiger partial charge >= 0.3 is 12.0 Å². The van der Waals surface area contributed by atoms with Crippen LogP contribution in [0, 0.1) is 11.8 Å². The van der Waals surface area contributed by atoms with Gasteiger partial charge in [-0.15, -0.1) is 0 Å². The minimum absolute atomic E-state index is 0.382. The lowest BCUT2D eigenvalue weighted by Gasteiger charge is -2.29. The van der Waals surface area contributed by atoms with Crippen LogP contribution < -0.4 is 10.6 Å². The van der Waals surface area contributed by atoms with Crippen molar-refractivity contribution >= 4 is 17.9 Å². The third-order valence-electron chi connectivity index (χ3n) is 4.50. The lowest BCUT2D eigenvalue weighted by atomic mass is 9.79. The zero-order valence-corrected chi connectivity index (χ0v) is 11.6. The smallest absolute Gasteiger partial charge is 0.324 e. The fourth-order valence-electron chi connectivity index (χ4n) is 3.46. The molecule has 0 aliphatic carbocycles. The number of hydrogen-bond donors (Lipinski definition) is 3. The van der Waals surface area contributed by atoms with Gasteiger partial charge in [0.2, 0.25) is 5.91 Å². The largest absolute Gasteiger partial charge is 0.481 e. The maximum absolute atomic E-state index is 12.3. The molecule has 8 nitrogen and oxygen atoms in total. The molecule has 0 saturated carbocycles. The van der Waals surface area contributed by atoms with Gasteiger partial charge in [-0.25, -0.2) is 4.79 Å². The molecule has 21 heavy (non-hydrogen) atoms. The van der Waals surface area contributed by atoms with E-state index in [0.29, 0.717) is 39.0 Å². The number of carboxylic acids is 1. The summed E-state index contributed by atoms with van der Waals surface area (Å²) in [5, 5.41) is 14.7. The van der Waals surface area contributed by atoms with Crippen molar-refractivity contribution in [3.63, 3.8) is 0 Å². The SMILES string of the molecule is O=C(O)C1C(C(=O)NC(=O)N2CCNCC2)[C@H]2CC[C@@H]1O2. The fourth-order valence-corrected chi connectivity index (χ4v) is 3.46. The van der Waals surface area contributed by atoms with Crippen molar-refractivity contribution < 1.29 is 24.2 Å². The molecule has 3 fully saturated rings. The number of ether oxygens (including phenoxy) is 1. The number of urea groups is 1. The lowest BCUT2D eigenvalue weighted by molar-refractivity contribution is -0.147. The molecule has 4 atom stereocenters. The molecular weight excluding hydrogens is 278 g/mol. The number of nitrogens with one attached hydrogen (secondary N) is 2. The van der Waals surface area contributed by atoms with Crippen molar-refractivity contribution in [1.82, 2.24) is 15.5 Å². The zero-order chi connectivity index (χ0) is 15.0. The quantitative estimate of drug-likeness (QED) is 0.604. The van der Waals surface area contributed by atoms with Crippen LogP contribution in [0.3, 0.4) is 0 Å². The van der Waals surface area contributed by atoms with Crippen LogP contribution >= 0.6 is 0 Å². The van der Waals surface area contributed by atoms with Crippen molar-refractivity contribution in [2.75, 3.05) is 26.2 Å². The second-order valence-electron chi connectivity index (χ2n) is 5.71. The molecule has 3 aliphatic heterocycles. The summed E-state index contributed by atoms with van der Waals surface area (Å²) in [6, 6.07) is -0.451. The van der Waals surface area contributed by atoms with Crippen LogP contribution in [0.2, 0.25) is 0 Å². The van der Waals surface area contributed by atoms with Crippen LogP contribution in [0.5, 0.6) is 0 Å². The van der Waals surface area contributed by atoms with Crippen molar-refractivity contribution in [2.45, 2.75) is 25.0 Å². The highest BCUT2D eigenvalue weighted by atomic mass is 16.5. The molecule has 3 amide bonds. The van der Waals surface area contributed by atoms with Crippen LogP contribution in [0.15, 0.2) is 0 Å². The first-order valence-electron chi connectivity index (χ1n) is 7.26. The lowest BCUT2D eigenvalue weighted by Crippen LogP contribution is -2.54. The van der Waals surface area contributed by atoms with E-state index in [9.17, 15) is 19.5 Å². The van der Waals surface area contributed by atoms with Crippen LogP contribution in [-0.4, -0.2) is 66.3 Å². The van der Waals surface area contributed by atoms with Gasteiger partial charge in [-0.1, -0.05) is 0 Å². The second-order valence-corrected chi connectivity index (χ2v) is 5.71. The van der Waals surface area contributed by atoms with E-state index in [1.807, 2.05) is 0 Å². The third kappa shape index (κ3) is 2.60. The molecule has 8 heteroatoms. The number of aliphatic carboxylic acids is 1. The summed E-state index contributed by atoms with van der Waals surface area (Å²) >= 11 is 0. The number of nitrogens with zero attached hydrogens (tertiary/aromatic N) is 1. The number of carbonyl (C=O) groups is 3. The van der Waals surface area contributed by atoms with Crippen LogP contribution in [0.4, 0.5) is 4.79 Å². The van der Waals surface area contributed by atoms with Gasteiger partial charge in [0.1, 0.15) is 0 Å². The van der Waals surface area contributed by atoms with Gasteiger partial charge in [-0.2, -0.15) is 0 Å². The first-order valence-corrected chi connectivity index (χ1v) is 7.26. The Morgan fingerprint density at radius 3 is 2.33 bits per heavy atom. The van der Waals surface area contributed by atoms with Gasteiger partial charge in [0.25, 0.3) is 0 Å². The van der Waals surface area contributed by atoms with Crippen molar-refractivity contribution in [3.8, 4) is 0 Å². The predicted molar refractivity (Wildman–Crippen MR) is 70.5 cm³/mol. The molecule has 0 aromatic heterocycles. The molecule has 0 aromatic carbocycles. The van der Waals surface area contributed by atoms with Crippen LogP contribution in [0.1, 0.15) is 12.8 Å². The average Bonchev–Trinajstić information content (AvgIpc) is 3.08. The molecule has 2 unspecified atom stereocenters. The number of piperazine rings is 1. The molecule has 3 aliphatic rings. The van der Waals surface area contributed by atoms with Gasteiger partial charge < -0.3 is 20.1 Å². The molecule has 0 radical (unpaired) electrons. The monoisotopic (exact) mass is 297 g/mol. The number of rotatable bonds is 2. The van der Waals surface area contributed by atoms with Crippen molar-refractivity contribution in [1.29, 1.82) is 0 Å². The molecule has 3 heterocycles. The minimum Gasteiger partial charge on any atom is -0.481 e. The van der Waals surface area contributed by atoms with Gasteiger partial charge in [0.15, 0.2) is 0 Å². The Hall–Kier alpha value is -1.67. The van der Waals surface area contributed by atoms with Gasteiger partial charge in [0, 0.05) is 26.2 Å². The van der Waals surface area contributed by atoms with E-state index in [2.05, 4.69) is 10.6 Å². The average molecular weight is 297 g/mol. The van der Waals surface area contributed by atoms with E-state index in [1.54, 1.807) is 4.90 Å². The Balaban J connectivity index is 1.64. The number of imide groups is 1. The highest BCUT2D eigenvalue weighted by Crippen LogP contribution is 2.43. The van der Waals surface area contributed by atoms with E-state index in [4.69, 9.17) is 4.74 Å². The fraction of sp³-hybridized carbons (Fsp3) is 0.769. The van der Waals surface area contributed by atoms with Gasteiger partial charge in [-0.3, -0.25) is 14.9 Å². The molecule has 116 valence electrons. The Labute approximate surface area is 121 Å². The summed E-state index contributed by atoms with van der Waals surface area (Å²) in [6.45, 7) is 2.45. The number of hydrogen-bond acceptors (Lipinski definition) is 5. The normalized spacial score (nSPS) is 34.8. The Bertz CT molecular complexity index is 463. The van der Waals surface area contributed by atoms with E-state index in [0.717, 1.165) is 0 Å². The van der Waals surface area contributed by atoms with Crippen LogP contribution in [0.25, 0.3) is 0 Å². The topological polar surface area (TPSA) is 108 Å². The number of carbonyl (C=O) groups excluding carboxylic acids is 2. The van der Waals surface area contributed by atoms with Crippen molar-refractivity contribution in [2.24, 2.45) is 11.8 Å². The molecule has 0 aromatic rings. The van der Waals surface area contributed by atoms with Gasteiger partial charge in [-0.05, 0) is 12.8 Å². The maximum atomic E-state index is 12.3. The molecular formula is C13H19N3O5. The first-order chi connectivity index (χ1) is 10.1. The van der Waals surface area contributed by atoms with Crippen molar-refractivity contribution in [3.05, 3.63) is 0 Å². The second kappa shape index (κ2) is 5.61. The summed E-state index contributed by atoms with van der Waals surface area (Å²) in [4.78, 5) is 37.2. The number of amides is 3. The zero-order valence-electron chi connectivity index (χ0n) is 11.6. The molecule has 3 rings (SSSR count). The summed E-state index contributed by atoms with van der Waals surface area (Å²) in [6.07, 6.45) is 0.551. The summed E-state index contributed by atoms with van der Waals surface area (Å²) in [5.74, 6) is -3.18. The predicted octanol–water partition coefficient (Wildman–Crippen LogP) is -0.994. The Morgan fingerprint density at radius 1 is 1.10 bits per heavy atom. The first kappa shape index (κ1) is 14.3. The maximum Gasteiger partial charge on any atom is 0.324 e. The molecule has 3 saturated heterocycles. The minimum atomic E-state index is -1.03.